The van der Waals surface area contributed by atoms with Crippen molar-refractivity contribution in [2.24, 2.45) is 17.8 Å². The van der Waals surface area contributed by atoms with Crippen LogP contribution in [0, 0.1) is 17.8 Å². The van der Waals surface area contributed by atoms with Gasteiger partial charge in [0.25, 0.3) is 0 Å². The van der Waals surface area contributed by atoms with Gasteiger partial charge in [-0.3, -0.25) is 5.26 Å². The van der Waals surface area contributed by atoms with Crippen molar-refractivity contribution in [2.45, 2.75) is 27.7 Å². The average molecular weight is 146 g/mol. The second-order valence-electron chi connectivity index (χ2n) is 3.38. The summed E-state index contributed by atoms with van der Waals surface area (Å²) in [6.07, 6.45) is 0. The van der Waals surface area contributed by atoms with Crippen LogP contribution in [-0.4, -0.2) is 11.9 Å². The molecule has 0 aromatic heterocycles. The molecule has 0 saturated carbocycles. The zero-order valence-corrected chi connectivity index (χ0v) is 7.29. The van der Waals surface area contributed by atoms with Gasteiger partial charge < -0.3 is 0 Å². The molecule has 2 atom stereocenters. The molecule has 0 aromatic rings. The Morgan fingerprint density at radius 3 is 2.00 bits per heavy atom. The third kappa shape index (κ3) is 3.18. The molecule has 0 spiro atoms. The van der Waals surface area contributed by atoms with Gasteiger partial charge in [-0.1, -0.05) is 27.7 Å². The van der Waals surface area contributed by atoms with E-state index in [4.69, 9.17) is 5.26 Å². The molecule has 2 nitrogen and oxygen atoms in total. The molecule has 0 saturated heterocycles. The van der Waals surface area contributed by atoms with Crippen molar-refractivity contribution < 1.29 is 10.1 Å². The normalized spacial score (nSPS) is 17.4. The van der Waals surface area contributed by atoms with Crippen molar-refractivity contribution >= 4 is 0 Å². The molecule has 62 valence electrons. The summed E-state index contributed by atoms with van der Waals surface area (Å²) in [5.41, 5.74) is 0. The van der Waals surface area contributed by atoms with E-state index in [0.29, 0.717) is 24.4 Å². The van der Waals surface area contributed by atoms with E-state index < -0.39 is 0 Å². The summed E-state index contributed by atoms with van der Waals surface area (Å²) in [4.78, 5) is 4.07. The fraction of sp³-hybridized carbons (Fsp3) is 1.00. The lowest BCUT2D eigenvalue weighted by atomic mass is 9.87. The Balaban J connectivity index is 3.58. The second-order valence-corrected chi connectivity index (χ2v) is 3.38. The first-order chi connectivity index (χ1) is 4.59. The zero-order chi connectivity index (χ0) is 8.15. The van der Waals surface area contributed by atoms with E-state index in [1.807, 2.05) is 0 Å². The molecule has 0 amide bonds. The van der Waals surface area contributed by atoms with E-state index in [1.54, 1.807) is 0 Å². The molecule has 0 bridgehead atoms. The van der Waals surface area contributed by atoms with Gasteiger partial charge in [-0.2, -0.15) is 0 Å². The van der Waals surface area contributed by atoms with Crippen molar-refractivity contribution in [2.75, 3.05) is 6.61 Å². The average Bonchev–Trinajstić information content (AvgIpc) is 1.87. The van der Waals surface area contributed by atoms with Crippen LogP contribution in [0.25, 0.3) is 0 Å². The Bertz CT molecular complexity index is 81.3. The van der Waals surface area contributed by atoms with Crippen LogP contribution in [0.2, 0.25) is 0 Å². The predicted molar refractivity (Wildman–Crippen MR) is 41.7 cm³/mol. The van der Waals surface area contributed by atoms with Gasteiger partial charge in [0.1, 0.15) is 0 Å². The van der Waals surface area contributed by atoms with Crippen molar-refractivity contribution in [3.8, 4) is 0 Å². The van der Waals surface area contributed by atoms with E-state index >= 15 is 0 Å². The lowest BCUT2D eigenvalue weighted by molar-refractivity contribution is -0.253. The first kappa shape index (κ1) is 9.92. The van der Waals surface area contributed by atoms with Crippen molar-refractivity contribution in [1.82, 2.24) is 0 Å². The van der Waals surface area contributed by atoms with Gasteiger partial charge >= 0.3 is 0 Å². The van der Waals surface area contributed by atoms with Crippen LogP contribution < -0.4 is 0 Å². The highest BCUT2D eigenvalue weighted by Crippen LogP contribution is 2.19. The molecule has 0 aliphatic rings. The van der Waals surface area contributed by atoms with Crippen molar-refractivity contribution in [3.05, 3.63) is 0 Å². The molecular formula is C8H18O2. The lowest BCUT2D eigenvalue weighted by Gasteiger charge is -2.21. The molecule has 0 rings (SSSR count). The molecule has 0 radical (unpaired) electrons. The van der Waals surface area contributed by atoms with E-state index in [0.717, 1.165) is 0 Å². The number of hydrogen-bond acceptors (Lipinski definition) is 2. The number of hydrogen-bond donors (Lipinski definition) is 1. The van der Waals surface area contributed by atoms with Crippen LogP contribution in [0.1, 0.15) is 27.7 Å². The highest BCUT2D eigenvalue weighted by Gasteiger charge is 2.15. The Morgan fingerprint density at radius 2 is 1.70 bits per heavy atom. The highest BCUT2D eigenvalue weighted by molar-refractivity contribution is 4.63. The Morgan fingerprint density at radius 1 is 1.20 bits per heavy atom. The predicted octanol–water partition coefficient (Wildman–Crippen LogP) is 2.40. The molecule has 0 heterocycles. The standard InChI is InChI=1S/C8H18O2/c1-6(2)8(4)7(3)5-10-9/h6-9H,5H2,1-4H3. The molecule has 0 fully saturated rings. The van der Waals surface area contributed by atoms with Gasteiger partial charge in [0.15, 0.2) is 0 Å². The third-order valence-corrected chi connectivity index (χ3v) is 2.29. The monoisotopic (exact) mass is 146 g/mol. The highest BCUT2D eigenvalue weighted by atomic mass is 17.1. The maximum absolute atomic E-state index is 8.17. The molecule has 10 heavy (non-hydrogen) atoms. The quantitative estimate of drug-likeness (QED) is 0.487. The van der Waals surface area contributed by atoms with Crippen molar-refractivity contribution in [1.29, 1.82) is 0 Å². The van der Waals surface area contributed by atoms with E-state index in [2.05, 4.69) is 32.6 Å². The topological polar surface area (TPSA) is 29.5 Å². The smallest absolute Gasteiger partial charge is 0.0847 e. The van der Waals surface area contributed by atoms with Crippen LogP contribution in [0.3, 0.4) is 0 Å². The largest absolute Gasteiger partial charge is 0.252 e. The van der Waals surface area contributed by atoms with E-state index in [-0.39, 0.29) is 0 Å². The fourth-order valence-corrected chi connectivity index (χ4v) is 0.926. The Kier molecular flexibility index (Phi) is 4.65. The maximum atomic E-state index is 8.17. The Hall–Kier alpha value is -0.0800. The summed E-state index contributed by atoms with van der Waals surface area (Å²) in [7, 11) is 0. The lowest BCUT2D eigenvalue weighted by Crippen LogP contribution is -2.18. The van der Waals surface area contributed by atoms with Gasteiger partial charge in [-0.15, -0.1) is 0 Å². The molecular weight excluding hydrogens is 128 g/mol. The van der Waals surface area contributed by atoms with Gasteiger partial charge in [0, 0.05) is 0 Å². The molecule has 0 aromatic carbocycles. The van der Waals surface area contributed by atoms with Gasteiger partial charge in [0.05, 0.1) is 6.61 Å². The summed E-state index contributed by atoms with van der Waals surface area (Å²) in [6, 6.07) is 0. The maximum Gasteiger partial charge on any atom is 0.0847 e. The molecule has 0 aliphatic heterocycles. The summed E-state index contributed by atoms with van der Waals surface area (Å²) in [5, 5.41) is 8.17. The minimum absolute atomic E-state index is 0.435. The van der Waals surface area contributed by atoms with Crippen LogP contribution in [0.4, 0.5) is 0 Å². The Labute approximate surface area is 63.1 Å². The third-order valence-electron chi connectivity index (χ3n) is 2.29. The zero-order valence-electron chi connectivity index (χ0n) is 7.29. The van der Waals surface area contributed by atoms with Crippen LogP contribution in [0.15, 0.2) is 0 Å². The van der Waals surface area contributed by atoms with E-state index in [1.165, 1.54) is 0 Å². The molecule has 2 heteroatoms. The molecule has 0 aliphatic carbocycles. The molecule has 2 unspecified atom stereocenters. The first-order valence-corrected chi connectivity index (χ1v) is 3.86. The SMILES string of the molecule is CC(C)C(C)C(C)COO. The second kappa shape index (κ2) is 4.69. The minimum atomic E-state index is 0.435. The summed E-state index contributed by atoms with van der Waals surface area (Å²) >= 11 is 0. The summed E-state index contributed by atoms with van der Waals surface area (Å²) in [6.45, 7) is 9.06. The van der Waals surface area contributed by atoms with Gasteiger partial charge in [0.2, 0.25) is 0 Å². The summed E-state index contributed by atoms with van der Waals surface area (Å²) in [5.74, 6) is 1.70. The van der Waals surface area contributed by atoms with Gasteiger partial charge in [-0.05, 0) is 17.8 Å². The molecule has 1 N–H and O–H groups in total. The fourth-order valence-electron chi connectivity index (χ4n) is 0.926. The van der Waals surface area contributed by atoms with E-state index in [9.17, 15) is 0 Å². The van der Waals surface area contributed by atoms with Crippen LogP contribution in [0.5, 0.6) is 0 Å². The van der Waals surface area contributed by atoms with Crippen LogP contribution in [-0.2, 0) is 4.89 Å². The van der Waals surface area contributed by atoms with Crippen LogP contribution >= 0.6 is 0 Å². The first-order valence-electron chi connectivity index (χ1n) is 3.86. The summed E-state index contributed by atoms with van der Waals surface area (Å²) < 4.78 is 0. The minimum Gasteiger partial charge on any atom is -0.252 e. The van der Waals surface area contributed by atoms with Gasteiger partial charge in [-0.25, -0.2) is 4.89 Å². The van der Waals surface area contributed by atoms with Crippen molar-refractivity contribution in [3.63, 3.8) is 0 Å². The number of rotatable bonds is 4.